The average Bonchev–Trinajstić information content (AvgIpc) is 2.82. The van der Waals surface area contributed by atoms with E-state index in [2.05, 4.69) is 20.8 Å². The summed E-state index contributed by atoms with van der Waals surface area (Å²) in [5.41, 5.74) is 2.00. The second-order valence-electron chi connectivity index (χ2n) is 10.2. The second kappa shape index (κ2) is 9.10. The minimum Gasteiger partial charge on any atom is -0.508 e. The quantitative estimate of drug-likeness (QED) is 0.547. The maximum Gasteiger partial charge on any atom is 0.330 e. The van der Waals surface area contributed by atoms with E-state index in [1.165, 1.54) is 4.90 Å². The van der Waals surface area contributed by atoms with Crippen LogP contribution >= 0.6 is 0 Å². The molecule has 3 aromatic rings. The second-order valence-corrected chi connectivity index (χ2v) is 10.2. The minimum absolute atomic E-state index is 0.0741. The van der Waals surface area contributed by atoms with Gasteiger partial charge in [-0.3, -0.25) is 4.79 Å². The lowest BCUT2D eigenvalue weighted by Gasteiger charge is -2.45. The van der Waals surface area contributed by atoms with Gasteiger partial charge in [0.1, 0.15) is 17.0 Å². The molecule has 1 aliphatic heterocycles. The molecule has 0 saturated heterocycles. The summed E-state index contributed by atoms with van der Waals surface area (Å²) >= 11 is 0. The molecule has 2 N–H and O–H groups in total. The first kappa shape index (κ1) is 24.3. The number of hydrogen-bond acceptors (Lipinski definition) is 4. The largest absolute Gasteiger partial charge is 0.508 e. The summed E-state index contributed by atoms with van der Waals surface area (Å²) in [6.45, 7) is 6.33. The number of fused-ring (bicyclic) bond motifs is 1. The van der Waals surface area contributed by atoms with Crippen LogP contribution in [0.1, 0.15) is 53.4 Å². The maximum atomic E-state index is 14.0. The molecule has 0 fully saturated rings. The summed E-state index contributed by atoms with van der Waals surface area (Å²) in [4.78, 5) is 28.4. The molecule has 1 atom stereocenters. The van der Waals surface area contributed by atoms with Crippen LogP contribution in [-0.2, 0) is 29.6 Å². The number of phenols is 1. The Bertz CT molecular complexity index is 1260. The molecule has 35 heavy (non-hydrogen) atoms. The van der Waals surface area contributed by atoms with Crippen LogP contribution in [0.3, 0.4) is 0 Å². The van der Waals surface area contributed by atoms with Gasteiger partial charge in [-0.25, -0.2) is 4.79 Å². The molecule has 0 saturated carbocycles. The van der Waals surface area contributed by atoms with E-state index in [-0.39, 0.29) is 36.5 Å². The highest BCUT2D eigenvalue weighted by atomic mass is 16.5. The van der Waals surface area contributed by atoms with Crippen LogP contribution in [0.4, 0.5) is 0 Å². The fraction of sp³-hybridized carbons (Fsp3) is 0.310. The summed E-state index contributed by atoms with van der Waals surface area (Å²) in [6, 6.07) is 19.6. The number of carboxylic acid groups (broad SMARTS) is 1. The highest BCUT2D eigenvalue weighted by molar-refractivity contribution is 5.99. The van der Waals surface area contributed by atoms with Gasteiger partial charge >= 0.3 is 5.97 Å². The minimum atomic E-state index is -1.52. The third kappa shape index (κ3) is 4.61. The van der Waals surface area contributed by atoms with Crippen molar-refractivity contribution in [2.75, 3.05) is 7.11 Å². The highest BCUT2D eigenvalue weighted by Gasteiger charge is 2.50. The van der Waals surface area contributed by atoms with E-state index in [9.17, 15) is 19.8 Å². The number of amides is 1. The van der Waals surface area contributed by atoms with Crippen molar-refractivity contribution >= 4 is 11.9 Å². The van der Waals surface area contributed by atoms with Crippen molar-refractivity contribution in [1.82, 2.24) is 4.90 Å². The number of carbonyl (C=O) groups excluding carboxylic acids is 1. The number of phenolic OH excluding ortho intramolecular Hbond substituents is 1. The molecule has 1 amide bonds. The SMILES string of the molecule is COc1cc(C(=O)N2Cc3ccc(O)cc3CC2(Cc2ccccc2)C(=O)O)ccc1C(C)(C)C. The van der Waals surface area contributed by atoms with Crippen molar-refractivity contribution in [1.29, 1.82) is 0 Å². The summed E-state index contributed by atoms with van der Waals surface area (Å²) in [5.74, 6) is -0.789. The third-order valence-electron chi connectivity index (χ3n) is 6.76. The Morgan fingerprint density at radius 1 is 1.00 bits per heavy atom. The number of hydrogen-bond donors (Lipinski definition) is 2. The molecule has 0 bridgehead atoms. The van der Waals surface area contributed by atoms with Crippen molar-refractivity contribution in [3.8, 4) is 11.5 Å². The van der Waals surface area contributed by atoms with Gasteiger partial charge in [-0.15, -0.1) is 0 Å². The van der Waals surface area contributed by atoms with Gasteiger partial charge in [0.25, 0.3) is 5.91 Å². The number of benzene rings is 3. The first-order valence-corrected chi connectivity index (χ1v) is 11.6. The van der Waals surface area contributed by atoms with Crippen LogP contribution in [0.5, 0.6) is 11.5 Å². The van der Waals surface area contributed by atoms with Crippen LogP contribution < -0.4 is 4.74 Å². The number of carboxylic acids is 1. The molecule has 0 aliphatic carbocycles. The van der Waals surface area contributed by atoms with Crippen molar-refractivity contribution in [3.05, 3.63) is 94.5 Å². The smallest absolute Gasteiger partial charge is 0.330 e. The molecule has 1 unspecified atom stereocenters. The molecule has 0 spiro atoms. The topological polar surface area (TPSA) is 87.1 Å². The van der Waals surface area contributed by atoms with E-state index >= 15 is 0 Å². The van der Waals surface area contributed by atoms with Crippen LogP contribution in [0.25, 0.3) is 0 Å². The molecular weight excluding hydrogens is 442 g/mol. The Kier molecular flexibility index (Phi) is 6.32. The first-order valence-electron chi connectivity index (χ1n) is 11.6. The number of ether oxygens (including phenoxy) is 1. The van der Waals surface area contributed by atoms with Gasteiger partial charge in [0, 0.05) is 24.9 Å². The molecule has 6 nitrogen and oxygen atoms in total. The Balaban J connectivity index is 1.84. The fourth-order valence-electron chi connectivity index (χ4n) is 4.89. The van der Waals surface area contributed by atoms with E-state index in [0.29, 0.717) is 11.3 Å². The maximum absolute atomic E-state index is 14.0. The molecule has 6 heteroatoms. The number of aliphatic carboxylic acids is 1. The summed E-state index contributed by atoms with van der Waals surface area (Å²) < 4.78 is 5.60. The standard InChI is InChI=1S/C29H31NO5/c1-28(2,3)24-13-11-20(15-25(24)35-4)26(32)30-18-21-10-12-23(31)14-22(21)17-29(30,27(33)34)16-19-8-6-5-7-9-19/h5-15,31H,16-18H2,1-4H3,(H,33,34). The molecular formula is C29H31NO5. The molecule has 3 aromatic carbocycles. The number of methoxy groups -OCH3 is 1. The van der Waals surface area contributed by atoms with Gasteiger partial charge in [0.15, 0.2) is 0 Å². The predicted molar refractivity (Wildman–Crippen MR) is 134 cm³/mol. The Morgan fingerprint density at radius 2 is 1.71 bits per heavy atom. The highest BCUT2D eigenvalue weighted by Crippen LogP contribution is 2.38. The van der Waals surface area contributed by atoms with Crippen molar-refractivity contribution < 1.29 is 24.5 Å². The Hall–Kier alpha value is -3.80. The molecule has 182 valence electrons. The van der Waals surface area contributed by atoms with E-state index in [4.69, 9.17) is 4.74 Å². The molecule has 1 aliphatic rings. The monoisotopic (exact) mass is 473 g/mol. The van der Waals surface area contributed by atoms with E-state index in [0.717, 1.165) is 22.3 Å². The van der Waals surface area contributed by atoms with Gasteiger partial charge in [-0.2, -0.15) is 0 Å². The predicted octanol–water partition coefficient (Wildman–Crippen LogP) is 4.96. The zero-order valence-corrected chi connectivity index (χ0v) is 20.5. The number of rotatable bonds is 5. The van der Waals surface area contributed by atoms with Crippen LogP contribution in [0.2, 0.25) is 0 Å². The van der Waals surface area contributed by atoms with Gasteiger partial charge in [0.2, 0.25) is 0 Å². The van der Waals surface area contributed by atoms with Crippen molar-refractivity contribution in [3.63, 3.8) is 0 Å². The van der Waals surface area contributed by atoms with Crippen molar-refractivity contribution in [2.24, 2.45) is 0 Å². The molecule has 4 rings (SSSR count). The summed E-state index contributed by atoms with van der Waals surface area (Å²) in [6.07, 6.45) is 0.227. The lowest BCUT2D eigenvalue weighted by molar-refractivity contribution is -0.151. The molecule has 1 heterocycles. The number of aromatic hydroxyl groups is 1. The zero-order valence-electron chi connectivity index (χ0n) is 20.5. The lowest BCUT2D eigenvalue weighted by atomic mass is 9.78. The molecule has 0 radical (unpaired) electrons. The van der Waals surface area contributed by atoms with Crippen molar-refractivity contribution in [2.45, 2.75) is 51.1 Å². The lowest BCUT2D eigenvalue weighted by Crippen LogP contribution is -2.61. The van der Waals surface area contributed by atoms with Crippen LogP contribution in [0.15, 0.2) is 66.7 Å². The van der Waals surface area contributed by atoms with E-state index in [1.54, 1.807) is 37.4 Å². The average molecular weight is 474 g/mol. The number of nitrogens with zero attached hydrogens (tertiary/aromatic N) is 1. The first-order chi connectivity index (χ1) is 16.5. The van der Waals surface area contributed by atoms with Gasteiger partial charge in [-0.05, 0) is 51.9 Å². The summed E-state index contributed by atoms with van der Waals surface area (Å²) in [5, 5.41) is 20.6. The van der Waals surface area contributed by atoms with E-state index < -0.39 is 11.5 Å². The van der Waals surface area contributed by atoms with Gasteiger partial charge < -0.3 is 19.8 Å². The van der Waals surface area contributed by atoms with Gasteiger partial charge in [-0.1, -0.05) is 63.2 Å². The van der Waals surface area contributed by atoms with Gasteiger partial charge in [0.05, 0.1) is 7.11 Å². The Morgan fingerprint density at radius 3 is 2.34 bits per heavy atom. The summed E-state index contributed by atoms with van der Waals surface area (Å²) in [7, 11) is 1.57. The number of carbonyl (C=O) groups is 2. The third-order valence-corrected chi connectivity index (χ3v) is 6.76. The van der Waals surface area contributed by atoms with Crippen LogP contribution in [0, 0.1) is 0 Å². The Labute approximate surface area is 205 Å². The molecule has 0 aromatic heterocycles. The van der Waals surface area contributed by atoms with Crippen LogP contribution in [-0.4, -0.2) is 39.6 Å². The normalized spacial score (nSPS) is 17.5. The van der Waals surface area contributed by atoms with E-state index in [1.807, 2.05) is 36.4 Å². The fourth-order valence-corrected chi connectivity index (χ4v) is 4.89. The zero-order chi connectivity index (χ0) is 25.4.